The molecular weight excluding hydrogens is 404 g/mol. The van der Waals surface area contributed by atoms with Crippen LogP contribution in [0.1, 0.15) is 10.5 Å². The maximum absolute atomic E-state index is 13.1. The van der Waals surface area contributed by atoms with Gasteiger partial charge in [0, 0.05) is 24.8 Å². The predicted octanol–water partition coefficient (Wildman–Crippen LogP) is 3.36. The Labute approximate surface area is 185 Å². The summed E-state index contributed by atoms with van der Waals surface area (Å²) in [6.45, 7) is 2.77. The molecule has 1 fully saturated rings. The van der Waals surface area contributed by atoms with E-state index < -0.39 is 5.91 Å². The SMILES string of the molecule is Nc1ncc(-c2ccc3ccccc3c2)nc1C(=O)Nc1cnccc1N1CCOCC1. The van der Waals surface area contributed by atoms with Gasteiger partial charge in [0.25, 0.3) is 5.91 Å². The second-order valence-electron chi connectivity index (χ2n) is 7.50. The molecule has 4 aromatic rings. The third-order valence-corrected chi connectivity index (χ3v) is 5.46. The zero-order valence-corrected chi connectivity index (χ0v) is 17.4. The van der Waals surface area contributed by atoms with Crippen LogP contribution in [0, 0.1) is 0 Å². The lowest BCUT2D eigenvalue weighted by molar-refractivity contribution is 0.102. The summed E-state index contributed by atoms with van der Waals surface area (Å²) in [5.41, 5.74) is 9.01. The van der Waals surface area contributed by atoms with Gasteiger partial charge in [-0.3, -0.25) is 9.78 Å². The molecule has 1 amide bonds. The Morgan fingerprint density at radius 1 is 1.03 bits per heavy atom. The number of fused-ring (bicyclic) bond motifs is 1. The predicted molar refractivity (Wildman–Crippen MR) is 125 cm³/mol. The van der Waals surface area contributed by atoms with Crippen molar-refractivity contribution < 1.29 is 9.53 Å². The Bertz CT molecular complexity index is 1290. The fourth-order valence-corrected chi connectivity index (χ4v) is 3.80. The first-order valence-corrected chi connectivity index (χ1v) is 10.4. The first-order valence-electron chi connectivity index (χ1n) is 10.4. The first kappa shape index (κ1) is 19.9. The normalized spacial score (nSPS) is 13.8. The van der Waals surface area contributed by atoms with E-state index in [1.54, 1.807) is 18.6 Å². The van der Waals surface area contributed by atoms with Gasteiger partial charge in [-0.05, 0) is 22.9 Å². The van der Waals surface area contributed by atoms with Crippen molar-refractivity contribution in [2.75, 3.05) is 42.3 Å². The van der Waals surface area contributed by atoms with Gasteiger partial charge in [-0.2, -0.15) is 0 Å². The Morgan fingerprint density at radius 3 is 2.69 bits per heavy atom. The number of rotatable bonds is 4. The zero-order chi connectivity index (χ0) is 21.9. The van der Waals surface area contributed by atoms with Gasteiger partial charge in [0.05, 0.1) is 42.7 Å². The van der Waals surface area contributed by atoms with Crippen molar-refractivity contribution in [3.63, 3.8) is 0 Å². The number of hydrogen-bond acceptors (Lipinski definition) is 7. The van der Waals surface area contributed by atoms with Crippen molar-refractivity contribution in [3.8, 4) is 11.3 Å². The summed E-state index contributed by atoms with van der Waals surface area (Å²) >= 11 is 0. The number of nitrogen functional groups attached to an aromatic ring is 1. The third kappa shape index (κ3) is 3.95. The van der Waals surface area contributed by atoms with Gasteiger partial charge < -0.3 is 20.7 Å². The van der Waals surface area contributed by atoms with Crippen LogP contribution in [0.5, 0.6) is 0 Å². The maximum atomic E-state index is 13.1. The average molecular weight is 426 g/mol. The number of hydrogen-bond donors (Lipinski definition) is 2. The molecule has 5 rings (SSSR count). The van der Waals surface area contributed by atoms with Gasteiger partial charge >= 0.3 is 0 Å². The highest BCUT2D eigenvalue weighted by molar-refractivity contribution is 6.07. The number of aromatic nitrogens is 3. The van der Waals surface area contributed by atoms with Crippen molar-refractivity contribution in [1.82, 2.24) is 15.0 Å². The lowest BCUT2D eigenvalue weighted by Gasteiger charge is -2.30. The second-order valence-corrected chi connectivity index (χ2v) is 7.50. The molecule has 8 nitrogen and oxygen atoms in total. The molecule has 8 heteroatoms. The van der Waals surface area contributed by atoms with Crippen molar-refractivity contribution >= 4 is 33.9 Å². The van der Waals surface area contributed by atoms with E-state index >= 15 is 0 Å². The summed E-state index contributed by atoms with van der Waals surface area (Å²) in [4.78, 5) is 28.2. The van der Waals surface area contributed by atoms with Crippen molar-refractivity contribution in [1.29, 1.82) is 0 Å². The number of benzene rings is 2. The van der Waals surface area contributed by atoms with Gasteiger partial charge in [-0.1, -0.05) is 36.4 Å². The van der Waals surface area contributed by atoms with Crippen LogP contribution in [0.15, 0.2) is 67.1 Å². The molecule has 0 aliphatic carbocycles. The highest BCUT2D eigenvalue weighted by atomic mass is 16.5. The summed E-state index contributed by atoms with van der Waals surface area (Å²) in [6.07, 6.45) is 4.91. The summed E-state index contributed by atoms with van der Waals surface area (Å²) < 4.78 is 5.43. The van der Waals surface area contributed by atoms with Gasteiger partial charge in [0.15, 0.2) is 11.5 Å². The van der Waals surface area contributed by atoms with Crippen LogP contribution in [-0.4, -0.2) is 47.2 Å². The minimum Gasteiger partial charge on any atom is -0.382 e. The molecule has 1 aliphatic rings. The number of pyridine rings is 1. The van der Waals surface area contributed by atoms with Crippen LogP contribution in [-0.2, 0) is 4.74 Å². The highest BCUT2D eigenvalue weighted by Gasteiger charge is 2.19. The minimum absolute atomic E-state index is 0.0730. The first-order chi connectivity index (χ1) is 15.7. The van der Waals surface area contributed by atoms with Gasteiger partial charge in [-0.15, -0.1) is 0 Å². The van der Waals surface area contributed by atoms with E-state index in [1.165, 1.54) is 0 Å². The van der Waals surface area contributed by atoms with Crippen molar-refractivity contribution in [2.24, 2.45) is 0 Å². The average Bonchev–Trinajstić information content (AvgIpc) is 2.85. The topological polar surface area (TPSA) is 106 Å². The lowest BCUT2D eigenvalue weighted by Crippen LogP contribution is -2.36. The monoisotopic (exact) mass is 426 g/mol. The Balaban J connectivity index is 1.44. The zero-order valence-electron chi connectivity index (χ0n) is 17.4. The van der Waals surface area contributed by atoms with Crippen LogP contribution < -0.4 is 16.0 Å². The van der Waals surface area contributed by atoms with Crippen LogP contribution in [0.3, 0.4) is 0 Å². The molecule has 0 spiro atoms. The molecular formula is C24H22N6O2. The van der Waals surface area contributed by atoms with Crippen LogP contribution in [0.25, 0.3) is 22.0 Å². The summed E-state index contributed by atoms with van der Waals surface area (Å²) in [5, 5.41) is 5.12. The number of carbonyl (C=O) groups is 1. The highest BCUT2D eigenvalue weighted by Crippen LogP contribution is 2.27. The molecule has 160 valence electrons. The quantitative estimate of drug-likeness (QED) is 0.515. The molecule has 2 aromatic heterocycles. The summed E-state index contributed by atoms with van der Waals surface area (Å²) in [5.74, 6) is -0.357. The molecule has 0 atom stereocenters. The fraction of sp³-hybridized carbons (Fsp3) is 0.167. The maximum Gasteiger partial charge on any atom is 0.278 e. The standard InChI is InChI=1S/C24H22N6O2/c25-23-22(24(31)29-20-14-26-8-7-21(20)30-9-11-32-12-10-30)28-19(15-27-23)18-6-5-16-3-1-2-4-17(16)13-18/h1-8,13-15H,9-12H2,(H2,25,27)(H,29,31). The largest absolute Gasteiger partial charge is 0.382 e. The molecule has 0 saturated carbocycles. The van der Waals surface area contributed by atoms with Crippen LogP contribution in [0.2, 0.25) is 0 Å². The molecule has 1 saturated heterocycles. The van der Waals surface area contributed by atoms with Crippen LogP contribution in [0.4, 0.5) is 17.2 Å². The van der Waals surface area contributed by atoms with Crippen molar-refractivity contribution in [3.05, 3.63) is 72.8 Å². The summed E-state index contributed by atoms with van der Waals surface area (Å²) in [7, 11) is 0. The van der Waals surface area contributed by atoms with E-state index in [0.29, 0.717) is 24.6 Å². The molecule has 3 heterocycles. The van der Waals surface area contributed by atoms with Gasteiger partial charge in [0.2, 0.25) is 0 Å². The van der Waals surface area contributed by atoms with Crippen LogP contribution >= 0.6 is 0 Å². The Hall–Kier alpha value is -4.04. The molecule has 32 heavy (non-hydrogen) atoms. The van der Waals surface area contributed by atoms with Crippen molar-refractivity contribution in [2.45, 2.75) is 0 Å². The second kappa shape index (κ2) is 8.60. The molecule has 3 N–H and O–H groups in total. The number of ether oxygens (including phenoxy) is 1. The number of carbonyl (C=O) groups excluding carboxylic acids is 1. The van der Waals surface area contributed by atoms with E-state index in [4.69, 9.17) is 10.5 Å². The molecule has 1 aliphatic heterocycles. The Morgan fingerprint density at radius 2 is 1.84 bits per heavy atom. The number of morpholine rings is 1. The molecule has 0 unspecified atom stereocenters. The molecule has 0 bridgehead atoms. The van der Waals surface area contributed by atoms with E-state index in [-0.39, 0.29) is 11.5 Å². The minimum atomic E-state index is -0.430. The third-order valence-electron chi connectivity index (χ3n) is 5.46. The lowest BCUT2D eigenvalue weighted by atomic mass is 10.1. The van der Waals surface area contributed by atoms with Gasteiger partial charge in [-0.25, -0.2) is 9.97 Å². The Kier molecular flexibility index (Phi) is 5.35. The molecule has 2 aromatic carbocycles. The number of nitrogens with two attached hydrogens (primary N) is 1. The van der Waals surface area contributed by atoms with E-state index in [0.717, 1.165) is 35.1 Å². The number of nitrogens with one attached hydrogen (secondary N) is 1. The number of anilines is 3. The van der Waals surface area contributed by atoms with E-state index in [9.17, 15) is 4.79 Å². The van der Waals surface area contributed by atoms with E-state index in [2.05, 4.69) is 25.2 Å². The van der Waals surface area contributed by atoms with E-state index in [1.807, 2.05) is 48.5 Å². The number of nitrogens with zero attached hydrogens (tertiary/aromatic N) is 4. The fourth-order valence-electron chi connectivity index (χ4n) is 3.80. The molecule has 0 radical (unpaired) electrons. The number of amides is 1. The summed E-state index contributed by atoms with van der Waals surface area (Å²) in [6, 6.07) is 15.9. The van der Waals surface area contributed by atoms with Gasteiger partial charge in [0.1, 0.15) is 0 Å². The smallest absolute Gasteiger partial charge is 0.278 e.